The largest absolute Gasteiger partial charge is 0.360 e. The van der Waals surface area contributed by atoms with E-state index in [1.54, 1.807) is 4.52 Å². The van der Waals surface area contributed by atoms with E-state index in [-0.39, 0.29) is 11.7 Å². The van der Waals surface area contributed by atoms with Gasteiger partial charge in [-0.2, -0.15) is 14.7 Å². The van der Waals surface area contributed by atoms with Gasteiger partial charge >= 0.3 is 5.69 Å². The molecule has 25 heavy (non-hydrogen) atoms. The molecule has 0 saturated heterocycles. The van der Waals surface area contributed by atoms with Gasteiger partial charge in [-0.1, -0.05) is 30.3 Å². The Morgan fingerprint density at radius 1 is 1.20 bits per heavy atom. The van der Waals surface area contributed by atoms with Gasteiger partial charge < -0.3 is 5.32 Å². The van der Waals surface area contributed by atoms with E-state index in [1.807, 2.05) is 56.3 Å². The first kappa shape index (κ1) is 15.1. The first-order valence-corrected chi connectivity index (χ1v) is 7.94. The number of fused-ring (bicyclic) bond motifs is 1. The van der Waals surface area contributed by atoms with Gasteiger partial charge in [0.2, 0.25) is 0 Å². The van der Waals surface area contributed by atoms with Crippen LogP contribution in [0.2, 0.25) is 0 Å². The molecule has 8 nitrogen and oxygen atoms in total. The van der Waals surface area contributed by atoms with Crippen LogP contribution in [-0.4, -0.2) is 29.8 Å². The van der Waals surface area contributed by atoms with Crippen LogP contribution in [0.3, 0.4) is 0 Å². The molecule has 0 spiro atoms. The normalized spacial score (nSPS) is 12.4. The third-order valence-corrected chi connectivity index (χ3v) is 3.91. The molecule has 3 heterocycles. The third-order valence-electron chi connectivity index (χ3n) is 3.91. The Balaban J connectivity index is 1.79. The third kappa shape index (κ3) is 2.89. The Bertz CT molecular complexity index is 1080. The zero-order valence-electron chi connectivity index (χ0n) is 13.8. The zero-order chi connectivity index (χ0) is 17.4. The molecule has 0 saturated carbocycles. The molecule has 0 aliphatic rings. The second-order valence-corrected chi connectivity index (χ2v) is 5.88. The molecular formula is C17H17N7O. The summed E-state index contributed by atoms with van der Waals surface area (Å²) in [6.45, 7) is 3.84. The number of anilines is 1. The summed E-state index contributed by atoms with van der Waals surface area (Å²) >= 11 is 0. The minimum Gasteiger partial charge on any atom is -0.360 e. The number of aromatic amines is 2. The number of nitrogens with one attached hydrogen (secondary N) is 3. The maximum absolute atomic E-state index is 11.3. The fourth-order valence-corrected chi connectivity index (χ4v) is 2.73. The van der Waals surface area contributed by atoms with Crippen LogP contribution in [0.15, 0.2) is 47.3 Å². The SMILES string of the molecule is Cc1cc2nc(-c3ccccc3)cc(N[C@H](C)c3n[nH]c(=O)[nH]3)n2n1. The van der Waals surface area contributed by atoms with Crippen molar-refractivity contribution in [2.45, 2.75) is 19.9 Å². The molecule has 0 unspecified atom stereocenters. The lowest BCUT2D eigenvalue weighted by atomic mass is 10.1. The standard InChI is InChI=1S/C17H17N7O/c1-10-8-14-19-13(12-6-4-3-5-7-12)9-15(24(14)23-10)18-11(2)16-20-17(25)22-21-16/h3-9,11,18H,1-2H3,(H2,20,21,22,25)/t11-/m1/s1. The number of H-pyrrole nitrogens is 2. The maximum Gasteiger partial charge on any atom is 0.340 e. The van der Waals surface area contributed by atoms with Gasteiger partial charge in [-0.15, -0.1) is 0 Å². The molecule has 1 atom stereocenters. The van der Waals surface area contributed by atoms with E-state index >= 15 is 0 Å². The Labute approximate surface area is 142 Å². The predicted octanol–water partition coefficient (Wildman–Crippen LogP) is 2.29. The van der Waals surface area contributed by atoms with Gasteiger partial charge in [-0.25, -0.2) is 14.9 Å². The number of hydrogen-bond acceptors (Lipinski definition) is 5. The lowest BCUT2D eigenvalue weighted by molar-refractivity contribution is 0.775. The molecule has 0 fully saturated rings. The monoisotopic (exact) mass is 335 g/mol. The van der Waals surface area contributed by atoms with Crippen molar-refractivity contribution in [2.24, 2.45) is 0 Å². The molecule has 0 amide bonds. The first-order valence-electron chi connectivity index (χ1n) is 7.94. The van der Waals surface area contributed by atoms with Crippen molar-refractivity contribution in [1.29, 1.82) is 0 Å². The highest BCUT2D eigenvalue weighted by Crippen LogP contribution is 2.24. The molecule has 0 bridgehead atoms. The Morgan fingerprint density at radius 3 is 2.72 bits per heavy atom. The fraction of sp³-hybridized carbons (Fsp3) is 0.176. The summed E-state index contributed by atoms with van der Waals surface area (Å²) in [6, 6.07) is 13.6. The lowest BCUT2D eigenvalue weighted by Gasteiger charge is -2.14. The molecule has 0 aliphatic heterocycles. The van der Waals surface area contributed by atoms with E-state index in [2.05, 4.69) is 25.6 Å². The van der Waals surface area contributed by atoms with Gasteiger partial charge in [0.15, 0.2) is 11.5 Å². The van der Waals surface area contributed by atoms with Crippen molar-refractivity contribution in [3.05, 3.63) is 64.5 Å². The van der Waals surface area contributed by atoms with Gasteiger partial charge in [0.25, 0.3) is 0 Å². The van der Waals surface area contributed by atoms with E-state index < -0.39 is 0 Å². The molecule has 4 aromatic rings. The van der Waals surface area contributed by atoms with Crippen molar-refractivity contribution in [3.8, 4) is 11.3 Å². The van der Waals surface area contributed by atoms with Crippen LogP contribution in [0.4, 0.5) is 5.82 Å². The Hall–Kier alpha value is -3.42. The molecule has 8 heteroatoms. The number of nitrogens with zero attached hydrogens (tertiary/aromatic N) is 4. The maximum atomic E-state index is 11.3. The number of aryl methyl sites for hydroxylation is 1. The van der Waals surface area contributed by atoms with E-state index in [0.29, 0.717) is 5.82 Å². The van der Waals surface area contributed by atoms with Gasteiger partial charge in [0, 0.05) is 17.7 Å². The van der Waals surface area contributed by atoms with E-state index in [0.717, 1.165) is 28.4 Å². The van der Waals surface area contributed by atoms with Crippen LogP contribution < -0.4 is 11.0 Å². The topological polar surface area (TPSA) is 104 Å². The van der Waals surface area contributed by atoms with Crippen LogP contribution >= 0.6 is 0 Å². The number of aromatic nitrogens is 6. The highest BCUT2D eigenvalue weighted by molar-refractivity contribution is 5.66. The van der Waals surface area contributed by atoms with E-state index in [4.69, 9.17) is 4.98 Å². The highest BCUT2D eigenvalue weighted by atomic mass is 16.1. The fourth-order valence-electron chi connectivity index (χ4n) is 2.73. The summed E-state index contributed by atoms with van der Waals surface area (Å²) in [4.78, 5) is 18.6. The second kappa shape index (κ2) is 5.90. The predicted molar refractivity (Wildman–Crippen MR) is 94.4 cm³/mol. The molecule has 126 valence electrons. The minimum atomic E-state index is -0.330. The van der Waals surface area contributed by atoms with Gasteiger partial charge in [-0.05, 0) is 13.8 Å². The van der Waals surface area contributed by atoms with Gasteiger partial charge in [-0.3, -0.25) is 4.98 Å². The lowest BCUT2D eigenvalue weighted by Crippen LogP contribution is -2.13. The molecule has 0 aliphatic carbocycles. The van der Waals surface area contributed by atoms with Crippen molar-refractivity contribution < 1.29 is 0 Å². The zero-order valence-corrected chi connectivity index (χ0v) is 13.8. The molecular weight excluding hydrogens is 318 g/mol. The average molecular weight is 335 g/mol. The quantitative estimate of drug-likeness (QED) is 0.531. The number of hydrogen-bond donors (Lipinski definition) is 3. The minimum absolute atomic E-state index is 0.210. The van der Waals surface area contributed by atoms with Crippen molar-refractivity contribution >= 4 is 11.5 Å². The summed E-state index contributed by atoms with van der Waals surface area (Å²) in [5, 5.41) is 14.2. The van der Waals surface area contributed by atoms with Crippen LogP contribution in [0.1, 0.15) is 24.5 Å². The Morgan fingerprint density at radius 2 is 2.00 bits per heavy atom. The summed E-state index contributed by atoms with van der Waals surface area (Å²) in [6.07, 6.45) is 0. The molecule has 0 radical (unpaired) electrons. The highest BCUT2D eigenvalue weighted by Gasteiger charge is 2.14. The summed E-state index contributed by atoms with van der Waals surface area (Å²) in [7, 11) is 0. The number of rotatable bonds is 4. The Kier molecular flexibility index (Phi) is 3.57. The molecule has 1 aromatic carbocycles. The van der Waals surface area contributed by atoms with Crippen LogP contribution in [0.5, 0.6) is 0 Å². The number of benzene rings is 1. The average Bonchev–Trinajstić information content (AvgIpc) is 3.20. The summed E-state index contributed by atoms with van der Waals surface area (Å²) in [5.74, 6) is 1.30. The molecule has 3 N–H and O–H groups in total. The van der Waals surface area contributed by atoms with Crippen LogP contribution in [0, 0.1) is 6.92 Å². The second-order valence-electron chi connectivity index (χ2n) is 5.88. The van der Waals surface area contributed by atoms with E-state index in [1.165, 1.54) is 0 Å². The molecule has 3 aromatic heterocycles. The first-order chi connectivity index (χ1) is 12.1. The van der Waals surface area contributed by atoms with Crippen molar-refractivity contribution in [2.75, 3.05) is 5.32 Å². The van der Waals surface area contributed by atoms with E-state index in [9.17, 15) is 4.79 Å². The van der Waals surface area contributed by atoms with Crippen LogP contribution in [-0.2, 0) is 0 Å². The smallest absolute Gasteiger partial charge is 0.340 e. The summed E-state index contributed by atoms with van der Waals surface area (Å²) < 4.78 is 1.75. The summed E-state index contributed by atoms with van der Waals surface area (Å²) in [5.41, 5.74) is 3.17. The van der Waals surface area contributed by atoms with Crippen LogP contribution in [0.25, 0.3) is 16.9 Å². The molecule has 4 rings (SSSR count). The van der Waals surface area contributed by atoms with Crippen molar-refractivity contribution in [3.63, 3.8) is 0 Å². The van der Waals surface area contributed by atoms with Gasteiger partial charge in [0.1, 0.15) is 5.82 Å². The van der Waals surface area contributed by atoms with Gasteiger partial charge in [0.05, 0.1) is 17.4 Å². The van der Waals surface area contributed by atoms with Crippen molar-refractivity contribution in [1.82, 2.24) is 29.8 Å².